The number of halogens is 1. The summed E-state index contributed by atoms with van der Waals surface area (Å²) in [4.78, 5) is 22.3. The van der Waals surface area contributed by atoms with Crippen LogP contribution in [0.3, 0.4) is 0 Å². The van der Waals surface area contributed by atoms with E-state index in [1.54, 1.807) is 0 Å². The highest BCUT2D eigenvalue weighted by Crippen LogP contribution is 2.13. The van der Waals surface area contributed by atoms with Crippen molar-refractivity contribution in [3.05, 3.63) is 23.1 Å². The van der Waals surface area contributed by atoms with Crippen LogP contribution in [0.15, 0.2) is 16.5 Å². The van der Waals surface area contributed by atoms with Crippen LogP contribution in [-0.4, -0.2) is 23.0 Å². The van der Waals surface area contributed by atoms with Gasteiger partial charge in [0.2, 0.25) is 0 Å². The van der Waals surface area contributed by atoms with E-state index in [9.17, 15) is 9.59 Å². The Morgan fingerprint density at radius 2 is 2.25 bits per heavy atom. The normalized spacial score (nSPS) is 12.1. The number of amides is 1. The Balaban J connectivity index is 2.65. The van der Waals surface area contributed by atoms with Crippen LogP contribution < -0.4 is 5.32 Å². The van der Waals surface area contributed by atoms with Crippen LogP contribution in [0.1, 0.15) is 30.3 Å². The maximum absolute atomic E-state index is 11.5. The summed E-state index contributed by atoms with van der Waals surface area (Å²) in [5, 5.41) is 11.3. The standard InChI is InChI=1S/C10H12ClNO4/c1-2-3-6(10(14)15)12-9(13)7-4-5-8(11)16-7/h4-6H,2-3H2,1H3,(H,12,13)(H,14,15). The van der Waals surface area contributed by atoms with Crippen molar-refractivity contribution in [2.75, 3.05) is 0 Å². The predicted molar refractivity (Wildman–Crippen MR) is 57.5 cm³/mol. The zero-order valence-corrected chi connectivity index (χ0v) is 9.45. The predicted octanol–water partition coefficient (Wildman–Crippen LogP) is 1.92. The Morgan fingerprint density at radius 1 is 1.56 bits per heavy atom. The molecule has 6 heteroatoms. The van der Waals surface area contributed by atoms with E-state index < -0.39 is 17.9 Å². The van der Waals surface area contributed by atoms with E-state index in [1.807, 2.05) is 6.92 Å². The number of furan rings is 1. The topological polar surface area (TPSA) is 79.5 Å². The average molecular weight is 246 g/mol. The first-order chi connectivity index (χ1) is 7.54. The average Bonchev–Trinajstić information content (AvgIpc) is 2.64. The highest BCUT2D eigenvalue weighted by Gasteiger charge is 2.21. The second-order valence-corrected chi connectivity index (χ2v) is 3.63. The molecule has 0 fully saturated rings. The lowest BCUT2D eigenvalue weighted by molar-refractivity contribution is -0.139. The molecule has 0 aromatic carbocycles. The number of aliphatic carboxylic acids is 1. The molecule has 1 rings (SSSR count). The SMILES string of the molecule is CCCC(NC(=O)c1ccc(Cl)o1)C(=O)O. The minimum Gasteiger partial charge on any atom is -0.480 e. The first kappa shape index (κ1) is 12.6. The van der Waals surface area contributed by atoms with Gasteiger partial charge in [-0.05, 0) is 30.2 Å². The van der Waals surface area contributed by atoms with E-state index in [0.717, 1.165) is 0 Å². The number of carbonyl (C=O) groups is 2. The molecule has 2 N–H and O–H groups in total. The lowest BCUT2D eigenvalue weighted by Crippen LogP contribution is -2.40. The van der Waals surface area contributed by atoms with E-state index in [1.165, 1.54) is 12.1 Å². The molecule has 5 nitrogen and oxygen atoms in total. The number of carboxylic acid groups (broad SMARTS) is 1. The summed E-state index contributed by atoms with van der Waals surface area (Å²) < 4.78 is 4.86. The highest BCUT2D eigenvalue weighted by molar-refractivity contribution is 6.29. The Hall–Kier alpha value is -1.49. The van der Waals surface area contributed by atoms with Gasteiger partial charge in [-0.25, -0.2) is 4.79 Å². The number of carboxylic acids is 1. The van der Waals surface area contributed by atoms with Gasteiger partial charge >= 0.3 is 5.97 Å². The van der Waals surface area contributed by atoms with E-state index >= 15 is 0 Å². The summed E-state index contributed by atoms with van der Waals surface area (Å²) >= 11 is 5.50. The summed E-state index contributed by atoms with van der Waals surface area (Å²) in [5.74, 6) is -1.63. The molecular weight excluding hydrogens is 234 g/mol. The van der Waals surface area contributed by atoms with Gasteiger partial charge < -0.3 is 14.8 Å². The van der Waals surface area contributed by atoms with E-state index in [2.05, 4.69) is 5.32 Å². The molecule has 0 saturated carbocycles. The van der Waals surface area contributed by atoms with Gasteiger partial charge in [-0.3, -0.25) is 4.79 Å². The molecule has 1 aromatic rings. The molecule has 0 bridgehead atoms. The van der Waals surface area contributed by atoms with E-state index in [0.29, 0.717) is 12.8 Å². The molecule has 0 aliphatic heterocycles. The molecule has 1 unspecified atom stereocenters. The summed E-state index contributed by atoms with van der Waals surface area (Å²) in [6.07, 6.45) is 1.03. The van der Waals surface area contributed by atoms with Crippen molar-refractivity contribution < 1.29 is 19.1 Å². The Bertz CT molecular complexity index is 388. The maximum Gasteiger partial charge on any atom is 0.326 e. The van der Waals surface area contributed by atoms with Crippen LogP contribution in [0.25, 0.3) is 0 Å². The van der Waals surface area contributed by atoms with Gasteiger partial charge in [-0.1, -0.05) is 13.3 Å². The van der Waals surface area contributed by atoms with Gasteiger partial charge in [0, 0.05) is 0 Å². The van der Waals surface area contributed by atoms with Gasteiger partial charge in [-0.2, -0.15) is 0 Å². The Kier molecular flexibility index (Phi) is 4.37. The molecule has 0 spiro atoms. The maximum atomic E-state index is 11.5. The third-order valence-electron chi connectivity index (χ3n) is 1.98. The number of nitrogens with one attached hydrogen (secondary N) is 1. The largest absolute Gasteiger partial charge is 0.480 e. The molecule has 88 valence electrons. The molecule has 0 radical (unpaired) electrons. The Morgan fingerprint density at radius 3 is 2.69 bits per heavy atom. The number of hydrogen-bond donors (Lipinski definition) is 2. The summed E-state index contributed by atoms with van der Waals surface area (Å²) in [5.41, 5.74) is 0. The molecule has 16 heavy (non-hydrogen) atoms. The van der Waals surface area contributed by atoms with Crippen molar-refractivity contribution in [2.45, 2.75) is 25.8 Å². The third-order valence-corrected chi connectivity index (χ3v) is 2.18. The van der Waals surface area contributed by atoms with Crippen LogP contribution in [0.5, 0.6) is 0 Å². The van der Waals surface area contributed by atoms with Gasteiger partial charge in [-0.15, -0.1) is 0 Å². The fraction of sp³-hybridized carbons (Fsp3) is 0.400. The lowest BCUT2D eigenvalue weighted by Gasteiger charge is -2.11. The molecular formula is C10H12ClNO4. The first-order valence-corrected chi connectivity index (χ1v) is 5.21. The van der Waals surface area contributed by atoms with Crippen LogP contribution in [0, 0.1) is 0 Å². The van der Waals surface area contributed by atoms with Gasteiger partial charge in [0.1, 0.15) is 6.04 Å². The molecule has 0 aliphatic rings. The minimum absolute atomic E-state index is 0.00681. The second kappa shape index (κ2) is 5.55. The van der Waals surface area contributed by atoms with Crippen molar-refractivity contribution in [2.24, 2.45) is 0 Å². The Labute approximate surface area is 97.4 Å². The molecule has 0 aliphatic carbocycles. The highest BCUT2D eigenvalue weighted by atomic mass is 35.5. The summed E-state index contributed by atoms with van der Waals surface area (Å²) in [6, 6.07) is 1.91. The van der Waals surface area contributed by atoms with E-state index in [4.69, 9.17) is 21.1 Å². The minimum atomic E-state index is -1.06. The van der Waals surface area contributed by atoms with Crippen molar-refractivity contribution in [1.82, 2.24) is 5.32 Å². The van der Waals surface area contributed by atoms with Crippen molar-refractivity contribution >= 4 is 23.5 Å². The van der Waals surface area contributed by atoms with Crippen molar-refractivity contribution in [1.29, 1.82) is 0 Å². The van der Waals surface area contributed by atoms with Crippen LogP contribution in [0.2, 0.25) is 5.22 Å². The molecule has 1 heterocycles. The van der Waals surface area contributed by atoms with Crippen LogP contribution in [0.4, 0.5) is 0 Å². The van der Waals surface area contributed by atoms with Crippen LogP contribution in [-0.2, 0) is 4.79 Å². The summed E-state index contributed by atoms with van der Waals surface area (Å²) in [7, 11) is 0. The third kappa shape index (κ3) is 3.27. The van der Waals surface area contributed by atoms with Gasteiger partial charge in [0.15, 0.2) is 11.0 Å². The first-order valence-electron chi connectivity index (χ1n) is 4.83. The molecule has 0 saturated heterocycles. The molecule has 1 aromatic heterocycles. The smallest absolute Gasteiger partial charge is 0.326 e. The monoisotopic (exact) mass is 245 g/mol. The van der Waals surface area contributed by atoms with Gasteiger partial charge in [0.25, 0.3) is 5.91 Å². The van der Waals surface area contributed by atoms with Crippen molar-refractivity contribution in [3.63, 3.8) is 0 Å². The fourth-order valence-corrected chi connectivity index (χ4v) is 1.36. The fourth-order valence-electron chi connectivity index (χ4n) is 1.21. The molecule has 1 atom stereocenters. The lowest BCUT2D eigenvalue weighted by atomic mass is 10.1. The molecule has 1 amide bonds. The number of carbonyl (C=O) groups excluding carboxylic acids is 1. The zero-order chi connectivity index (χ0) is 12.1. The summed E-state index contributed by atoms with van der Waals surface area (Å²) in [6.45, 7) is 1.84. The van der Waals surface area contributed by atoms with Gasteiger partial charge in [0.05, 0.1) is 0 Å². The van der Waals surface area contributed by atoms with Crippen molar-refractivity contribution in [3.8, 4) is 0 Å². The van der Waals surface area contributed by atoms with Crippen LogP contribution >= 0.6 is 11.6 Å². The zero-order valence-electron chi connectivity index (χ0n) is 8.70. The van der Waals surface area contributed by atoms with E-state index in [-0.39, 0.29) is 11.0 Å². The quantitative estimate of drug-likeness (QED) is 0.831. The second-order valence-electron chi connectivity index (χ2n) is 3.26. The number of rotatable bonds is 5. The number of hydrogen-bond acceptors (Lipinski definition) is 3.